The van der Waals surface area contributed by atoms with Gasteiger partial charge in [-0.25, -0.2) is 14.5 Å². The third-order valence-corrected chi connectivity index (χ3v) is 6.33. The minimum Gasteiger partial charge on any atom is -0.359 e. The zero-order chi connectivity index (χ0) is 19.8. The van der Waals surface area contributed by atoms with Crippen molar-refractivity contribution < 1.29 is 0 Å². The fraction of sp³-hybridized carbons (Fsp3) is 0.300. The van der Waals surface area contributed by atoms with Crippen molar-refractivity contribution >= 4 is 38.3 Å². The summed E-state index contributed by atoms with van der Waals surface area (Å²) in [7, 11) is 0. The summed E-state index contributed by atoms with van der Waals surface area (Å²) in [6.07, 6.45) is 6.00. The van der Waals surface area contributed by atoms with Gasteiger partial charge in [-0.05, 0) is 42.7 Å². The lowest BCUT2D eigenvalue weighted by Gasteiger charge is -2.14. The number of aromatic nitrogens is 5. The van der Waals surface area contributed by atoms with Crippen LogP contribution in [0.1, 0.15) is 24.2 Å². The number of benzene rings is 1. The van der Waals surface area contributed by atoms with Crippen LogP contribution < -0.4 is 11.0 Å². The summed E-state index contributed by atoms with van der Waals surface area (Å²) in [6, 6.07) is 9.80. The van der Waals surface area contributed by atoms with Crippen molar-refractivity contribution in [3.63, 3.8) is 0 Å². The third kappa shape index (κ3) is 3.77. The molecule has 3 aromatic heterocycles. The summed E-state index contributed by atoms with van der Waals surface area (Å²) in [4.78, 5) is 21.5. The van der Waals surface area contributed by atoms with Gasteiger partial charge in [0.2, 0.25) is 0 Å². The summed E-state index contributed by atoms with van der Waals surface area (Å²) < 4.78 is 4.41. The maximum Gasteiger partial charge on any atom is 0.346 e. The van der Waals surface area contributed by atoms with Gasteiger partial charge in [0.15, 0.2) is 5.13 Å². The van der Waals surface area contributed by atoms with Crippen LogP contribution in [0, 0.1) is 0 Å². The van der Waals surface area contributed by atoms with Gasteiger partial charge in [0, 0.05) is 36.4 Å². The molecule has 0 aliphatic carbocycles. The van der Waals surface area contributed by atoms with E-state index in [2.05, 4.69) is 20.4 Å². The summed E-state index contributed by atoms with van der Waals surface area (Å²) in [5, 5.41) is 9.72. The Labute approximate surface area is 176 Å². The molecular weight excluding hydrogens is 408 g/mol. The van der Waals surface area contributed by atoms with Gasteiger partial charge in [-0.2, -0.15) is 5.10 Å². The highest BCUT2D eigenvalue weighted by molar-refractivity contribution is 7.22. The van der Waals surface area contributed by atoms with Crippen LogP contribution in [0.3, 0.4) is 0 Å². The number of hydrogen-bond donors (Lipinski definition) is 1. The summed E-state index contributed by atoms with van der Waals surface area (Å²) >= 11 is 7.68. The molecule has 148 valence electrons. The normalized spacial score (nSPS) is 16.5. The molecule has 1 unspecified atom stereocenters. The lowest BCUT2D eigenvalue weighted by atomic mass is 10.1. The Morgan fingerprint density at radius 1 is 1.28 bits per heavy atom. The van der Waals surface area contributed by atoms with Gasteiger partial charge in [0.05, 0.1) is 16.8 Å². The summed E-state index contributed by atoms with van der Waals surface area (Å²) in [6.45, 7) is 1.10. The van der Waals surface area contributed by atoms with Crippen molar-refractivity contribution in [2.75, 3.05) is 5.32 Å². The van der Waals surface area contributed by atoms with Gasteiger partial charge in [0.25, 0.3) is 0 Å². The second-order valence-electron chi connectivity index (χ2n) is 7.17. The molecule has 0 saturated carbocycles. The first kappa shape index (κ1) is 18.3. The van der Waals surface area contributed by atoms with Crippen LogP contribution in [-0.2, 0) is 19.5 Å². The monoisotopic (exact) mass is 426 g/mol. The Morgan fingerprint density at radius 2 is 2.21 bits per heavy atom. The topological polar surface area (TPSA) is 77.6 Å². The first-order chi connectivity index (χ1) is 14.2. The van der Waals surface area contributed by atoms with E-state index in [4.69, 9.17) is 11.6 Å². The maximum absolute atomic E-state index is 12.8. The van der Waals surface area contributed by atoms with Gasteiger partial charge in [-0.15, -0.1) is 0 Å². The smallest absolute Gasteiger partial charge is 0.346 e. The Bertz CT molecular complexity index is 1210. The van der Waals surface area contributed by atoms with Crippen LogP contribution in [0.15, 0.2) is 47.5 Å². The number of fused-ring (bicyclic) bond motifs is 2. The molecule has 1 atom stereocenters. The summed E-state index contributed by atoms with van der Waals surface area (Å²) in [5.74, 6) is 0.847. The first-order valence-corrected chi connectivity index (χ1v) is 10.7. The van der Waals surface area contributed by atoms with Crippen LogP contribution in [-0.4, -0.2) is 30.4 Å². The van der Waals surface area contributed by atoms with E-state index in [9.17, 15) is 4.79 Å². The van der Waals surface area contributed by atoms with Gasteiger partial charge >= 0.3 is 5.69 Å². The molecule has 29 heavy (non-hydrogen) atoms. The molecule has 0 radical (unpaired) electrons. The highest BCUT2D eigenvalue weighted by Gasteiger charge is 2.21. The molecular formula is C20H19ClN6OS. The van der Waals surface area contributed by atoms with Gasteiger partial charge in [-0.3, -0.25) is 9.55 Å². The minimum atomic E-state index is -0.0564. The number of hydrogen-bond acceptors (Lipinski definition) is 6. The number of aryl methyl sites for hydroxylation is 1. The molecule has 1 aliphatic heterocycles. The van der Waals surface area contributed by atoms with Crippen molar-refractivity contribution in [2.24, 2.45) is 0 Å². The average Bonchev–Trinajstić information content (AvgIpc) is 3.17. The zero-order valence-electron chi connectivity index (χ0n) is 15.6. The highest BCUT2D eigenvalue weighted by atomic mass is 35.5. The van der Waals surface area contributed by atoms with Crippen LogP contribution in [0.4, 0.5) is 5.13 Å². The fourth-order valence-electron chi connectivity index (χ4n) is 3.67. The molecule has 0 fully saturated rings. The molecule has 5 rings (SSSR count). The highest BCUT2D eigenvalue weighted by Crippen LogP contribution is 2.29. The Kier molecular flexibility index (Phi) is 4.81. The number of thiazole rings is 1. The molecule has 7 nitrogen and oxygen atoms in total. The molecule has 1 aromatic carbocycles. The zero-order valence-corrected chi connectivity index (χ0v) is 17.2. The van der Waals surface area contributed by atoms with E-state index in [0.29, 0.717) is 13.1 Å². The number of nitrogens with one attached hydrogen (secondary N) is 1. The Hall–Kier alpha value is -2.71. The van der Waals surface area contributed by atoms with E-state index < -0.39 is 0 Å². The van der Waals surface area contributed by atoms with Crippen molar-refractivity contribution in [3.8, 4) is 0 Å². The van der Waals surface area contributed by atoms with E-state index in [-0.39, 0.29) is 11.7 Å². The van der Waals surface area contributed by atoms with E-state index in [1.54, 1.807) is 28.3 Å². The van der Waals surface area contributed by atoms with Crippen LogP contribution in [0.25, 0.3) is 10.2 Å². The van der Waals surface area contributed by atoms with E-state index >= 15 is 0 Å². The average molecular weight is 427 g/mol. The Balaban J connectivity index is 1.30. The van der Waals surface area contributed by atoms with Gasteiger partial charge in [0.1, 0.15) is 5.82 Å². The van der Waals surface area contributed by atoms with Crippen LogP contribution in [0.2, 0.25) is 5.02 Å². The van der Waals surface area contributed by atoms with Crippen molar-refractivity contribution in [2.45, 2.75) is 38.4 Å². The largest absolute Gasteiger partial charge is 0.359 e. The number of pyridine rings is 1. The van der Waals surface area contributed by atoms with E-state index in [0.717, 1.165) is 51.0 Å². The molecule has 0 saturated heterocycles. The molecule has 4 heterocycles. The molecule has 0 bridgehead atoms. The van der Waals surface area contributed by atoms with E-state index in [1.165, 1.54) is 4.68 Å². The van der Waals surface area contributed by atoms with Gasteiger partial charge in [-0.1, -0.05) is 29.0 Å². The number of rotatable bonds is 4. The second-order valence-corrected chi connectivity index (χ2v) is 8.64. The van der Waals surface area contributed by atoms with Gasteiger partial charge < -0.3 is 5.32 Å². The molecule has 0 amide bonds. The predicted molar refractivity (Wildman–Crippen MR) is 115 cm³/mol. The fourth-order valence-corrected chi connectivity index (χ4v) is 4.89. The standard InChI is InChI=1S/C20H19ClN6OS/c21-14-3-5-16-17(10-14)29-19(24-16)23-15-4-6-18-25-27(20(28)26(18)9-7-15)12-13-2-1-8-22-11-13/h1-3,5,8,10-11,15H,4,6-7,9,12H2,(H,23,24). The van der Waals surface area contributed by atoms with Crippen molar-refractivity contribution in [1.82, 2.24) is 24.3 Å². The first-order valence-electron chi connectivity index (χ1n) is 9.54. The lowest BCUT2D eigenvalue weighted by Crippen LogP contribution is -2.27. The molecule has 0 spiro atoms. The van der Waals surface area contributed by atoms with E-state index in [1.807, 2.05) is 30.3 Å². The molecule has 4 aromatic rings. The van der Waals surface area contributed by atoms with Crippen molar-refractivity contribution in [3.05, 3.63) is 69.6 Å². The van der Waals surface area contributed by atoms with Crippen LogP contribution >= 0.6 is 22.9 Å². The molecule has 1 aliphatic rings. The number of anilines is 1. The minimum absolute atomic E-state index is 0.0564. The maximum atomic E-state index is 12.8. The predicted octanol–water partition coefficient (Wildman–Crippen LogP) is 3.57. The van der Waals surface area contributed by atoms with Crippen LogP contribution in [0.5, 0.6) is 0 Å². The van der Waals surface area contributed by atoms with Crippen molar-refractivity contribution in [1.29, 1.82) is 0 Å². The second kappa shape index (κ2) is 7.61. The number of nitrogens with zero attached hydrogens (tertiary/aromatic N) is 5. The molecule has 9 heteroatoms. The lowest BCUT2D eigenvalue weighted by molar-refractivity contribution is 0.553. The SMILES string of the molecule is O=c1n(Cc2cccnc2)nc2n1CCC(Nc1nc3ccc(Cl)cc3s1)CC2. The Morgan fingerprint density at radius 3 is 3.07 bits per heavy atom. The summed E-state index contributed by atoms with van der Waals surface area (Å²) in [5.41, 5.74) is 1.86. The number of halogens is 1. The third-order valence-electron chi connectivity index (χ3n) is 5.15. The quantitative estimate of drug-likeness (QED) is 0.539. The molecule has 1 N–H and O–H groups in total.